The van der Waals surface area contributed by atoms with Gasteiger partial charge < -0.3 is 4.89 Å². The van der Waals surface area contributed by atoms with E-state index in [4.69, 9.17) is 5.26 Å². The quantitative estimate of drug-likeness (QED) is 0.525. The van der Waals surface area contributed by atoms with Gasteiger partial charge in [-0.2, -0.15) is 0 Å². The van der Waals surface area contributed by atoms with E-state index in [0.29, 0.717) is 12.0 Å². The minimum absolute atomic E-state index is 0.188. The van der Waals surface area contributed by atoms with Gasteiger partial charge in [-0.25, -0.2) is 9.65 Å². The topological polar surface area (TPSA) is 29.5 Å². The van der Waals surface area contributed by atoms with E-state index in [0.717, 1.165) is 0 Å². The molecule has 0 aliphatic carbocycles. The Morgan fingerprint density at radius 2 is 2.27 bits per heavy atom. The zero-order valence-corrected chi connectivity index (χ0v) is 6.17. The molecule has 0 bridgehead atoms. The van der Waals surface area contributed by atoms with Crippen molar-refractivity contribution >= 4 is 0 Å². The van der Waals surface area contributed by atoms with E-state index >= 15 is 0 Å². The van der Waals surface area contributed by atoms with Gasteiger partial charge in [-0.1, -0.05) is 13.0 Å². The third-order valence-corrected chi connectivity index (χ3v) is 1.53. The summed E-state index contributed by atoms with van der Waals surface area (Å²) in [6, 6.07) is 4.34. The van der Waals surface area contributed by atoms with Gasteiger partial charge in [0.1, 0.15) is 5.82 Å². The molecule has 1 aromatic carbocycles. The molecule has 0 aliphatic rings. The van der Waals surface area contributed by atoms with Crippen LogP contribution in [0.4, 0.5) is 4.39 Å². The molecule has 0 heterocycles. The summed E-state index contributed by atoms with van der Waals surface area (Å²) in [5.74, 6) is -0.161. The fourth-order valence-electron chi connectivity index (χ4n) is 0.968. The predicted octanol–water partition coefficient (Wildman–Crippen LogP) is 2.24. The molecule has 2 nitrogen and oxygen atoms in total. The van der Waals surface area contributed by atoms with Crippen LogP contribution in [0.1, 0.15) is 12.5 Å². The smallest absolute Gasteiger partial charge is 0.171 e. The summed E-state index contributed by atoms with van der Waals surface area (Å²) < 4.78 is 12.8. The SMILES string of the molecule is CCc1c(F)cccc1OO. The third kappa shape index (κ3) is 1.49. The second-order valence-electron chi connectivity index (χ2n) is 2.16. The molecule has 0 radical (unpaired) electrons. The van der Waals surface area contributed by atoms with E-state index in [2.05, 4.69) is 4.89 Å². The second kappa shape index (κ2) is 3.34. The molecule has 0 aliphatic heterocycles. The zero-order chi connectivity index (χ0) is 8.27. The molecule has 0 unspecified atom stereocenters. The average molecular weight is 156 g/mol. The minimum Gasteiger partial charge on any atom is -0.340 e. The lowest BCUT2D eigenvalue weighted by Gasteiger charge is -2.03. The maximum Gasteiger partial charge on any atom is 0.171 e. The first-order chi connectivity index (χ1) is 5.29. The van der Waals surface area contributed by atoms with Gasteiger partial charge in [0, 0.05) is 5.56 Å². The van der Waals surface area contributed by atoms with E-state index in [-0.39, 0.29) is 11.6 Å². The van der Waals surface area contributed by atoms with Crippen LogP contribution in [0.25, 0.3) is 0 Å². The monoisotopic (exact) mass is 156 g/mol. The Labute approximate surface area is 64.2 Å². The van der Waals surface area contributed by atoms with Crippen LogP contribution >= 0.6 is 0 Å². The molecule has 60 valence electrons. The van der Waals surface area contributed by atoms with Crippen molar-refractivity contribution in [2.24, 2.45) is 0 Å². The maximum absolute atomic E-state index is 12.8. The highest BCUT2D eigenvalue weighted by molar-refractivity contribution is 5.33. The number of hydrogen-bond donors (Lipinski definition) is 1. The van der Waals surface area contributed by atoms with Gasteiger partial charge in [-0.3, -0.25) is 0 Å². The molecule has 1 N–H and O–H groups in total. The first-order valence-corrected chi connectivity index (χ1v) is 3.38. The Kier molecular flexibility index (Phi) is 2.44. The molecule has 1 aromatic rings. The van der Waals surface area contributed by atoms with Crippen molar-refractivity contribution in [3.63, 3.8) is 0 Å². The molecule has 0 spiro atoms. The van der Waals surface area contributed by atoms with Crippen molar-refractivity contribution in [1.29, 1.82) is 0 Å². The van der Waals surface area contributed by atoms with Crippen molar-refractivity contribution < 1.29 is 14.5 Å². The van der Waals surface area contributed by atoms with E-state index in [1.807, 2.05) is 0 Å². The lowest BCUT2D eigenvalue weighted by Crippen LogP contribution is -1.93. The number of hydrogen-bond acceptors (Lipinski definition) is 2. The molecule has 0 amide bonds. The molecule has 3 heteroatoms. The summed E-state index contributed by atoms with van der Waals surface area (Å²) in [7, 11) is 0. The van der Waals surface area contributed by atoms with Crippen LogP contribution < -0.4 is 4.89 Å². The summed E-state index contributed by atoms with van der Waals surface area (Å²) in [6.45, 7) is 1.79. The zero-order valence-electron chi connectivity index (χ0n) is 6.17. The van der Waals surface area contributed by atoms with Gasteiger partial charge in [0.25, 0.3) is 0 Å². The molecule has 0 saturated carbocycles. The summed E-state index contributed by atoms with van der Waals surface area (Å²) in [4.78, 5) is 3.98. The van der Waals surface area contributed by atoms with Crippen molar-refractivity contribution in [2.45, 2.75) is 13.3 Å². The molecule has 0 atom stereocenters. The van der Waals surface area contributed by atoms with Crippen molar-refractivity contribution in [2.75, 3.05) is 0 Å². The van der Waals surface area contributed by atoms with Gasteiger partial charge in [0.15, 0.2) is 5.75 Å². The van der Waals surface area contributed by atoms with Gasteiger partial charge in [-0.15, -0.1) is 0 Å². The van der Waals surface area contributed by atoms with Gasteiger partial charge in [0.2, 0.25) is 0 Å². The van der Waals surface area contributed by atoms with Crippen LogP contribution in [-0.2, 0) is 6.42 Å². The van der Waals surface area contributed by atoms with Gasteiger partial charge in [0.05, 0.1) is 0 Å². The molecule has 0 fully saturated rings. The number of halogens is 1. The summed E-state index contributed by atoms with van der Waals surface area (Å²) in [5, 5.41) is 8.31. The van der Waals surface area contributed by atoms with Crippen molar-refractivity contribution in [1.82, 2.24) is 0 Å². The molecule has 0 aromatic heterocycles. The van der Waals surface area contributed by atoms with Crippen LogP contribution in [0, 0.1) is 5.82 Å². The number of benzene rings is 1. The van der Waals surface area contributed by atoms with Gasteiger partial charge >= 0.3 is 0 Å². The highest BCUT2D eigenvalue weighted by Crippen LogP contribution is 2.20. The highest BCUT2D eigenvalue weighted by atomic mass is 19.1. The first kappa shape index (κ1) is 8.01. The third-order valence-electron chi connectivity index (χ3n) is 1.53. The Hall–Kier alpha value is -1.09. The minimum atomic E-state index is -0.348. The molecular formula is C8H9FO2. The predicted molar refractivity (Wildman–Crippen MR) is 39.0 cm³/mol. The van der Waals surface area contributed by atoms with E-state index in [1.54, 1.807) is 6.92 Å². The van der Waals surface area contributed by atoms with E-state index < -0.39 is 0 Å². The first-order valence-electron chi connectivity index (χ1n) is 3.38. The Balaban J connectivity index is 3.13. The van der Waals surface area contributed by atoms with Crippen LogP contribution in [0.3, 0.4) is 0 Å². The number of rotatable bonds is 2. The van der Waals surface area contributed by atoms with Crippen LogP contribution in [-0.4, -0.2) is 5.26 Å². The summed E-state index contributed by atoms with van der Waals surface area (Å²) in [6.07, 6.45) is 0.503. The molecule has 11 heavy (non-hydrogen) atoms. The maximum atomic E-state index is 12.8. The van der Waals surface area contributed by atoms with Crippen molar-refractivity contribution in [3.8, 4) is 5.75 Å². The fraction of sp³-hybridized carbons (Fsp3) is 0.250. The van der Waals surface area contributed by atoms with E-state index in [1.165, 1.54) is 18.2 Å². The van der Waals surface area contributed by atoms with Crippen LogP contribution in [0.15, 0.2) is 18.2 Å². The summed E-state index contributed by atoms with van der Waals surface area (Å²) in [5.41, 5.74) is 0.398. The largest absolute Gasteiger partial charge is 0.340 e. The lowest BCUT2D eigenvalue weighted by molar-refractivity contribution is -0.138. The highest BCUT2D eigenvalue weighted by Gasteiger charge is 2.06. The average Bonchev–Trinajstić information content (AvgIpc) is 2.04. The summed E-state index contributed by atoms with van der Waals surface area (Å²) >= 11 is 0. The van der Waals surface area contributed by atoms with Crippen molar-refractivity contribution in [3.05, 3.63) is 29.6 Å². The molecule has 1 rings (SSSR count). The van der Waals surface area contributed by atoms with E-state index in [9.17, 15) is 4.39 Å². The fourth-order valence-corrected chi connectivity index (χ4v) is 0.968. The lowest BCUT2D eigenvalue weighted by atomic mass is 10.1. The Morgan fingerprint density at radius 1 is 1.55 bits per heavy atom. The molecular weight excluding hydrogens is 147 g/mol. The van der Waals surface area contributed by atoms with Crippen LogP contribution in [0.2, 0.25) is 0 Å². The van der Waals surface area contributed by atoms with Crippen LogP contribution in [0.5, 0.6) is 5.75 Å². The van der Waals surface area contributed by atoms with Gasteiger partial charge in [-0.05, 0) is 18.6 Å². The second-order valence-corrected chi connectivity index (χ2v) is 2.16. The normalized spacial score (nSPS) is 9.73. The molecule has 0 saturated heterocycles. The Bertz CT molecular complexity index is 248. The standard InChI is InChI=1S/C8H9FO2/c1-2-6-7(9)4-3-5-8(6)11-10/h3-5,10H,2H2,1H3. The Morgan fingerprint density at radius 3 is 2.73 bits per heavy atom.